The first-order valence-electron chi connectivity index (χ1n) is 16.2. The Morgan fingerprint density at radius 3 is 2.04 bits per heavy atom. The summed E-state index contributed by atoms with van der Waals surface area (Å²) in [5, 5.41) is 5.79. The van der Waals surface area contributed by atoms with Gasteiger partial charge in [0.15, 0.2) is 0 Å². The summed E-state index contributed by atoms with van der Waals surface area (Å²) < 4.78 is 0. The van der Waals surface area contributed by atoms with E-state index in [4.69, 9.17) is 9.98 Å². The maximum atomic E-state index is 5.40. The summed E-state index contributed by atoms with van der Waals surface area (Å²) in [5.41, 5.74) is 8.30. The van der Waals surface area contributed by atoms with E-state index in [1.807, 2.05) is 6.07 Å². The molecule has 1 fully saturated rings. The number of amidine groups is 1. The maximum absolute atomic E-state index is 5.40. The van der Waals surface area contributed by atoms with Crippen LogP contribution >= 0.6 is 11.3 Å². The third-order valence-electron chi connectivity index (χ3n) is 8.67. The molecule has 1 atom stereocenters. The molecule has 0 aliphatic carbocycles. The van der Waals surface area contributed by atoms with Crippen molar-refractivity contribution in [2.45, 2.75) is 58.4 Å². The molecule has 0 spiro atoms. The molecule has 1 aromatic heterocycles. The number of likely N-dealkylation sites (tertiary alicyclic amines) is 1. The molecular weight excluding hydrogens is 569 g/mol. The number of thiazole rings is 1. The molecule has 1 unspecified atom stereocenters. The number of aliphatic imine (C=N–C) groups is 1. The van der Waals surface area contributed by atoms with Gasteiger partial charge in [0.25, 0.3) is 0 Å². The molecule has 5 heteroatoms. The molecule has 1 saturated heterocycles. The van der Waals surface area contributed by atoms with Crippen LogP contribution in [-0.2, 0) is 5.41 Å². The van der Waals surface area contributed by atoms with E-state index >= 15 is 0 Å². The Morgan fingerprint density at radius 2 is 1.42 bits per heavy atom. The third kappa shape index (κ3) is 7.61. The molecule has 2 heterocycles. The van der Waals surface area contributed by atoms with Crippen molar-refractivity contribution < 1.29 is 0 Å². The van der Waals surface area contributed by atoms with Crippen LogP contribution in [-0.4, -0.2) is 35.4 Å². The van der Waals surface area contributed by atoms with E-state index < -0.39 is 0 Å². The molecular formula is C40H44N4S. The Bertz CT molecular complexity index is 1690. The van der Waals surface area contributed by atoms with Crippen molar-refractivity contribution in [2.24, 2.45) is 4.99 Å². The zero-order chi connectivity index (χ0) is 31.2. The van der Waals surface area contributed by atoms with Crippen molar-refractivity contribution in [1.82, 2.24) is 9.88 Å². The van der Waals surface area contributed by atoms with Gasteiger partial charge in [-0.3, -0.25) is 9.89 Å². The van der Waals surface area contributed by atoms with E-state index in [1.165, 1.54) is 36.0 Å². The molecule has 1 N–H and O–H groups in total. The minimum absolute atomic E-state index is 0.129. The summed E-state index contributed by atoms with van der Waals surface area (Å²) in [5.74, 6) is 0.878. The van der Waals surface area contributed by atoms with E-state index in [-0.39, 0.29) is 11.5 Å². The van der Waals surface area contributed by atoms with Crippen LogP contribution in [0.25, 0.3) is 21.8 Å². The Hall–Kier alpha value is -4.06. The van der Waals surface area contributed by atoms with Gasteiger partial charge in [0.1, 0.15) is 21.5 Å². The first kappa shape index (κ1) is 30.9. The van der Waals surface area contributed by atoms with Gasteiger partial charge in [-0.2, -0.15) is 0 Å². The van der Waals surface area contributed by atoms with Gasteiger partial charge in [0.05, 0.1) is 12.6 Å². The minimum atomic E-state index is 0.129. The lowest BCUT2D eigenvalue weighted by Crippen LogP contribution is -2.35. The summed E-state index contributed by atoms with van der Waals surface area (Å²) in [6.45, 7) is 11.9. The van der Waals surface area contributed by atoms with Gasteiger partial charge in [-0.05, 0) is 49.4 Å². The van der Waals surface area contributed by atoms with Gasteiger partial charge in [-0.25, -0.2) is 4.98 Å². The van der Waals surface area contributed by atoms with E-state index in [1.54, 1.807) is 11.3 Å². The molecule has 0 bridgehead atoms. The SMILES string of the molecule is Cc1ccc(C(=NCC(c2ccc(C(C)(C)C)cc2)N2CCCCC2)Nc2sc(-c3ccccc3)nc2-c2ccccc2)cc1. The van der Waals surface area contributed by atoms with Gasteiger partial charge in [0, 0.05) is 16.7 Å². The van der Waals surface area contributed by atoms with Crippen LogP contribution < -0.4 is 5.32 Å². The van der Waals surface area contributed by atoms with Crippen LogP contribution in [0.2, 0.25) is 0 Å². The Kier molecular flexibility index (Phi) is 9.58. The highest BCUT2D eigenvalue weighted by Crippen LogP contribution is 2.38. The van der Waals surface area contributed by atoms with Crippen molar-refractivity contribution in [1.29, 1.82) is 0 Å². The quantitative estimate of drug-likeness (QED) is 0.140. The molecule has 0 amide bonds. The van der Waals surface area contributed by atoms with Crippen LogP contribution in [0, 0.1) is 6.92 Å². The number of aryl methyl sites for hydroxylation is 1. The van der Waals surface area contributed by atoms with Gasteiger partial charge < -0.3 is 5.32 Å². The number of nitrogens with one attached hydrogen (secondary N) is 1. The van der Waals surface area contributed by atoms with Crippen molar-refractivity contribution in [3.63, 3.8) is 0 Å². The topological polar surface area (TPSA) is 40.5 Å². The molecule has 45 heavy (non-hydrogen) atoms. The van der Waals surface area contributed by atoms with Gasteiger partial charge in [-0.1, -0.05) is 153 Å². The van der Waals surface area contributed by atoms with Crippen molar-refractivity contribution in [3.8, 4) is 21.8 Å². The summed E-state index contributed by atoms with van der Waals surface area (Å²) in [4.78, 5) is 13.2. The summed E-state index contributed by atoms with van der Waals surface area (Å²) >= 11 is 1.68. The molecule has 0 saturated carbocycles. The molecule has 0 radical (unpaired) electrons. The molecule has 230 valence electrons. The van der Waals surface area contributed by atoms with Crippen LogP contribution in [0.5, 0.6) is 0 Å². The molecule has 1 aliphatic heterocycles. The van der Waals surface area contributed by atoms with E-state index in [0.29, 0.717) is 6.54 Å². The van der Waals surface area contributed by atoms with Gasteiger partial charge in [0.2, 0.25) is 0 Å². The van der Waals surface area contributed by atoms with E-state index in [2.05, 4.69) is 141 Å². The zero-order valence-electron chi connectivity index (χ0n) is 27.0. The van der Waals surface area contributed by atoms with E-state index in [0.717, 1.165) is 51.3 Å². The fourth-order valence-corrected chi connectivity index (χ4v) is 6.96. The fraction of sp³-hybridized carbons (Fsp3) is 0.300. The zero-order valence-corrected chi connectivity index (χ0v) is 27.8. The lowest BCUT2D eigenvalue weighted by atomic mass is 9.86. The first-order chi connectivity index (χ1) is 21.8. The fourth-order valence-electron chi connectivity index (χ4n) is 5.97. The number of aromatic nitrogens is 1. The van der Waals surface area contributed by atoms with Gasteiger partial charge in [-0.15, -0.1) is 0 Å². The number of nitrogens with zero attached hydrogens (tertiary/aromatic N) is 3. The molecule has 5 aromatic rings. The average Bonchev–Trinajstić information content (AvgIpc) is 3.50. The number of hydrogen-bond acceptors (Lipinski definition) is 4. The summed E-state index contributed by atoms with van der Waals surface area (Å²) in [7, 11) is 0. The monoisotopic (exact) mass is 612 g/mol. The maximum Gasteiger partial charge on any atom is 0.133 e. The molecule has 1 aliphatic rings. The lowest BCUT2D eigenvalue weighted by molar-refractivity contribution is 0.168. The highest BCUT2D eigenvalue weighted by atomic mass is 32.1. The Balaban J connectivity index is 1.39. The predicted molar refractivity (Wildman–Crippen MR) is 192 cm³/mol. The largest absolute Gasteiger partial charge is 0.330 e. The van der Waals surface area contributed by atoms with Crippen LogP contribution in [0.1, 0.15) is 68.3 Å². The first-order valence-corrected chi connectivity index (χ1v) is 17.0. The predicted octanol–water partition coefficient (Wildman–Crippen LogP) is 10.2. The Labute approximate surface area is 272 Å². The second kappa shape index (κ2) is 13.9. The third-order valence-corrected chi connectivity index (χ3v) is 9.69. The average molecular weight is 613 g/mol. The number of hydrogen-bond donors (Lipinski definition) is 1. The van der Waals surface area contributed by atoms with Crippen molar-refractivity contribution in [3.05, 3.63) is 131 Å². The minimum Gasteiger partial charge on any atom is -0.330 e. The smallest absolute Gasteiger partial charge is 0.133 e. The molecule has 4 nitrogen and oxygen atoms in total. The van der Waals surface area contributed by atoms with Crippen LogP contribution in [0.4, 0.5) is 5.00 Å². The molecule has 4 aromatic carbocycles. The normalized spacial score (nSPS) is 15.2. The van der Waals surface area contributed by atoms with Crippen LogP contribution in [0.3, 0.4) is 0 Å². The lowest BCUT2D eigenvalue weighted by Gasteiger charge is -2.34. The standard InChI is InChI=1S/C40H44N4S/c1-29-18-20-32(21-19-29)37(41-28-35(44-26-12-7-13-27-44)30-22-24-34(25-23-30)40(2,3)4)43-39-36(31-14-8-5-9-15-31)42-38(45-39)33-16-10-6-11-17-33/h5-6,8-11,14-25,35H,7,12-13,26-28H2,1-4H3,(H,41,43). The second-order valence-electron chi connectivity index (χ2n) is 13.1. The van der Waals surface area contributed by atoms with Gasteiger partial charge >= 0.3 is 0 Å². The number of piperidine rings is 1. The summed E-state index contributed by atoms with van der Waals surface area (Å²) in [6, 6.07) is 39.1. The van der Waals surface area contributed by atoms with Crippen molar-refractivity contribution in [2.75, 3.05) is 25.0 Å². The van der Waals surface area contributed by atoms with Crippen molar-refractivity contribution >= 4 is 22.2 Å². The summed E-state index contributed by atoms with van der Waals surface area (Å²) in [6.07, 6.45) is 3.79. The highest BCUT2D eigenvalue weighted by molar-refractivity contribution is 7.19. The number of benzene rings is 4. The number of anilines is 1. The van der Waals surface area contributed by atoms with Crippen LogP contribution in [0.15, 0.2) is 114 Å². The number of rotatable bonds is 8. The Morgan fingerprint density at radius 1 is 0.800 bits per heavy atom. The second-order valence-corrected chi connectivity index (χ2v) is 14.1. The molecule has 6 rings (SSSR count). The highest BCUT2D eigenvalue weighted by Gasteiger charge is 2.24. The van der Waals surface area contributed by atoms with E-state index in [9.17, 15) is 0 Å².